The van der Waals surface area contributed by atoms with E-state index in [1.807, 2.05) is 0 Å². The third kappa shape index (κ3) is 4.94. The van der Waals surface area contributed by atoms with Crippen LogP contribution in [0.25, 0.3) is 0 Å². The molecule has 1 fully saturated rings. The van der Waals surface area contributed by atoms with E-state index in [1.165, 1.54) is 52.5 Å². The van der Waals surface area contributed by atoms with Crippen molar-refractivity contribution >= 4 is 47.3 Å². The molecule has 0 saturated carbocycles. The molecule has 0 bridgehead atoms. The minimum Gasteiger partial charge on any atom is -0.477 e. The van der Waals surface area contributed by atoms with Gasteiger partial charge in [-0.05, 0) is 40.6 Å². The number of fused-ring (bicyclic) bond motifs is 1. The van der Waals surface area contributed by atoms with Gasteiger partial charge in [0.25, 0.3) is 11.8 Å². The van der Waals surface area contributed by atoms with Gasteiger partial charge in [-0.15, -0.1) is 16.9 Å². The topological polar surface area (TPSA) is 177 Å². The number of hydrogen-bond donors (Lipinski definition) is 3. The number of esters is 1. The number of carbonyl (C=O) groups is 4. The van der Waals surface area contributed by atoms with Crippen molar-refractivity contribution in [1.29, 1.82) is 0 Å². The number of nitrogens with one attached hydrogen (secondary N) is 1. The molecule has 3 N–H and O–H groups in total. The van der Waals surface area contributed by atoms with Gasteiger partial charge in [0.15, 0.2) is 6.10 Å². The predicted octanol–water partition coefficient (Wildman–Crippen LogP) is -0.0489. The fraction of sp³-hybridized carbons (Fsp3) is 0.381. The van der Waals surface area contributed by atoms with Crippen LogP contribution in [0.5, 0.6) is 0 Å². The number of carbonyl (C=O) groups excluding carboxylic acids is 3. The molecule has 1 aromatic heterocycles. The Morgan fingerprint density at radius 2 is 2.03 bits per heavy atom. The second-order valence-electron chi connectivity index (χ2n) is 7.77. The van der Waals surface area contributed by atoms with Gasteiger partial charge in [0, 0.05) is 18.6 Å². The van der Waals surface area contributed by atoms with Crippen LogP contribution in [0.1, 0.15) is 28.9 Å². The molecule has 2 unspecified atom stereocenters. The molecule has 15 heteroatoms. The van der Waals surface area contributed by atoms with E-state index in [4.69, 9.17) is 4.74 Å². The Morgan fingerprint density at radius 1 is 1.31 bits per heavy atom. The van der Waals surface area contributed by atoms with E-state index in [0.717, 1.165) is 4.90 Å². The third-order valence-electron chi connectivity index (χ3n) is 5.49. The number of carboxylic acid groups (broad SMARTS) is 1. The lowest BCUT2D eigenvalue weighted by Gasteiger charge is -2.49. The van der Waals surface area contributed by atoms with Crippen LogP contribution in [0, 0.1) is 0 Å². The normalized spacial score (nSPS) is 19.9. The number of aryl methyl sites for hydroxylation is 1. The molecule has 36 heavy (non-hydrogen) atoms. The highest BCUT2D eigenvalue weighted by Gasteiger charge is 2.54. The molecule has 190 valence electrons. The number of rotatable bonds is 9. The van der Waals surface area contributed by atoms with Gasteiger partial charge in [-0.25, -0.2) is 14.3 Å². The van der Waals surface area contributed by atoms with Gasteiger partial charge in [-0.1, -0.05) is 23.9 Å². The standard InChI is InChI=1S/C21H22N6O7S2/c1-3-34-20(33)11-6-4-10(5-7-11)15(28)16(29)22-13-17(30)27-14(19(31)32)12(8-35-18(13)27)9-36-21-23-24-25-26(21)2/h4-7,13,15,18,28H,3,8-9H2,1-2H3,(H,22,29)(H,31,32)/t13?,15?,18-/m1/s1. The maximum Gasteiger partial charge on any atom is 0.352 e. The smallest absolute Gasteiger partial charge is 0.352 e. The molecule has 1 aromatic carbocycles. The number of ether oxygens (including phenoxy) is 1. The van der Waals surface area contributed by atoms with E-state index in [0.29, 0.717) is 16.5 Å². The Morgan fingerprint density at radius 3 is 2.64 bits per heavy atom. The van der Waals surface area contributed by atoms with Crippen molar-refractivity contribution in [2.75, 3.05) is 18.1 Å². The monoisotopic (exact) mass is 534 g/mol. The zero-order chi connectivity index (χ0) is 26.0. The lowest BCUT2D eigenvalue weighted by molar-refractivity contribution is -0.151. The second kappa shape index (κ2) is 10.7. The number of aliphatic hydroxyl groups is 1. The summed E-state index contributed by atoms with van der Waals surface area (Å²) < 4.78 is 6.36. The number of benzene rings is 1. The number of amides is 2. The van der Waals surface area contributed by atoms with Gasteiger partial charge in [0.05, 0.1) is 12.2 Å². The fourth-order valence-electron chi connectivity index (χ4n) is 3.69. The quantitative estimate of drug-likeness (QED) is 0.222. The van der Waals surface area contributed by atoms with Gasteiger partial charge in [0.2, 0.25) is 5.16 Å². The van der Waals surface area contributed by atoms with Crippen LogP contribution in [0.2, 0.25) is 0 Å². The SMILES string of the molecule is CCOC(=O)c1ccc(C(O)C(=O)NC2C(=O)N3C(C(=O)O)=C(CSc4nnnn4C)CS[C@H]23)cc1. The summed E-state index contributed by atoms with van der Waals surface area (Å²) in [7, 11) is 1.66. The molecule has 0 aliphatic carbocycles. The summed E-state index contributed by atoms with van der Waals surface area (Å²) in [4.78, 5) is 50.4. The largest absolute Gasteiger partial charge is 0.477 e. The Balaban J connectivity index is 1.41. The number of β-lactam (4-membered cyclic amide) rings is 1. The first kappa shape index (κ1) is 25.7. The zero-order valence-electron chi connectivity index (χ0n) is 19.2. The molecule has 0 spiro atoms. The first-order valence-corrected chi connectivity index (χ1v) is 12.8. The highest BCUT2D eigenvalue weighted by Crippen LogP contribution is 2.41. The molecule has 2 amide bonds. The van der Waals surface area contributed by atoms with Crippen LogP contribution in [0.15, 0.2) is 40.7 Å². The summed E-state index contributed by atoms with van der Waals surface area (Å²) in [6.07, 6.45) is -1.59. The summed E-state index contributed by atoms with van der Waals surface area (Å²) in [5.41, 5.74) is 0.918. The number of aromatic nitrogens is 4. The third-order valence-corrected chi connectivity index (χ3v) is 7.93. The summed E-state index contributed by atoms with van der Waals surface area (Å²) in [6.45, 7) is 1.90. The highest BCUT2D eigenvalue weighted by atomic mass is 32.2. The lowest BCUT2D eigenvalue weighted by atomic mass is 10.0. The van der Waals surface area contributed by atoms with Crippen molar-refractivity contribution in [3.63, 3.8) is 0 Å². The molecule has 2 aromatic rings. The van der Waals surface area contributed by atoms with Crippen LogP contribution in [-0.4, -0.2) is 88.6 Å². The molecule has 3 heterocycles. The Kier molecular flexibility index (Phi) is 7.61. The molecule has 2 aliphatic rings. The maximum absolute atomic E-state index is 12.8. The van der Waals surface area contributed by atoms with E-state index in [2.05, 4.69) is 20.8 Å². The first-order valence-electron chi connectivity index (χ1n) is 10.7. The molecule has 13 nitrogen and oxygen atoms in total. The second-order valence-corrected chi connectivity index (χ2v) is 9.82. The summed E-state index contributed by atoms with van der Waals surface area (Å²) in [5, 5.41) is 33.8. The van der Waals surface area contributed by atoms with Crippen molar-refractivity contribution in [1.82, 2.24) is 30.4 Å². The van der Waals surface area contributed by atoms with E-state index >= 15 is 0 Å². The van der Waals surface area contributed by atoms with Gasteiger partial charge >= 0.3 is 11.9 Å². The highest BCUT2D eigenvalue weighted by molar-refractivity contribution is 8.01. The lowest BCUT2D eigenvalue weighted by Crippen LogP contribution is -2.70. The Bertz CT molecular complexity index is 1230. The number of carboxylic acids is 1. The summed E-state index contributed by atoms with van der Waals surface area (Å²) in [6, 6.07) is 4.71. The van der Waals surface area contributed by atoms with Crippen molar-refractivity contribution < 1.29 is 34.1 Å². The molecular formula is C21H22N6O7S2. The molecule has 1 saturated heterocycles. The molecule has 0 radical (unpaired) electrons. The molecule has 4 rings (SSSR count). The minimum atomic E-state index is -1.59. The first-order chi connectivity index (χ1) is 17.2. The van der Waals surface area contributed by atoms with E-state index in [9.17, 15) is 29.4 Å². The average molecular weight is 535 g/mol. The molecular weight excluding hydrogens is 512 g/mol. The number of aliphatic carboxylic acids is 1. The van der Waals surface area contributed by atoms with E-state index in [1.54, 1.807) is 14.0 Å². The predicted molar refractivity (Wildman–Crippen MR) is 127 cm³/mol. The number of tetrazole rings is 1. The van der Waals surface area contributed by atoms with Gasteiger partial charge in [-0.3, -0.25) is 14.5 Å². The van der Waals surface area contributed by atoms with Crippen LogP contribution in [-0.2, 0) is 26.2 Å². The van der Waals surface area contributed by atoms with Gasteiger partial charge in [-0.2, -0.15) is 0 Å². The van der Waals surface area contributed by atoms with E-state index in [-0.39, 0.29) is 29.2 Å². The van der Waals surface area contributed by atoms with Gasteiger partial charge in [0.1, 0.15) is 17.1 Å². The Labute approximate surface area is 213 Å². The van der Waals surface area contributed by atoms with Crippen LogP contribution in [0.4, 0.5) is 0 Å². The van der Waals surface area contributed by atoms with Crippen LogP contribution >= 0.6 is 23.5 Å². The van der Waals surface area contributed by atoms with Gasteiger partial charge < -0.3 is 20.3 Å². The Hall–Kier alpha value is -3.43. The molecule has 2 aliphatic heterocycles. The van der Waals surface area contributed by atoms with E-state index < -0.39 is 41.3 Å². The average Bonchev–Trinajstić information content (AvgIpc) is 3.29. The summed E-state index contributed by atoms with van der Waals surface area (Å²) >= 11 is 2.57. The number of thioether (sulfide) groups is 2. The zero-order valence-corrected chi connectivity index (χ0v) is 20.8. The number of nitrogens with zero attached hydrogens (tertiary/aromatic N) is 5. The molecule has 3 atom stereocenters. The van der Waals surface area contributed by atoms with Crippen LogP contribution < -0.4 is 5.32 Å². The number of aliphatic hydroxyl groups excluding tert-OH is 1. The minimum absolute atomic E-state index is 0.119. The van der Waals surface area contributed by atoms with Crippen molar-refractivity contribution in [3.8, 4) is 0 Å². The maximum atomic E-state index is 12.8. The summed E-state index contributed by atoms with van der Waals surface area (Å²) in [5.74, 6) is -2.55. The number of hydrogen-bond acceptors (Lipinski definition) is 11. The van der Waals surface area contributed by atoms with Crippen molar-refractivity contribution in [2.24, 2.45) is 7.05 Å². The van der Waals surface area contributed by atoms with Crippen molar-refractivity contribution in [3.05, 3.63) is 46.7 Å². The fourth-order valence-corrected chi connectivity index (χ4v) is 6.02. The van der Waals surface area contributed by atoms with Crippen molar-refractivity contribution in [2.45, 2.75) is 29.6 Å². The van der Waals surface area contributed by atoms with Crippen LogP contribution in [0.3, 0.4) is 0 Å².